The zero-order chi connectivity index (χ0) is 14.5. The lowest BCUT2D eigenvalue weighted by atomic mass is 9.97. The molecule has 1 fully saturated rings. The van der Waals surface area contributed by atoms with Gasteiger partial charge >= 0.3 is 0 Å². The number of carbonyl (C=O) groups excluding carboxylic acids is 2. The van der Waals surface area contributed by atoms with Gasteiger partial charge in [-0.1, -0.05) is 0 Å². The van der Waals surface area contributed by atoms with Crippen LogP contribution in [0.15, 0.2) is 18.3 Å². The molecule has 0 spiro atoms. The molecule has 0 aliphatic carbocycles. The monoisotopic (exact) mass is 278 g/mol. The van der Waals surface area contributed by atoms with Crippen LogP contribution in [-0.4, -0.2) is 47.5 Å². The van der Waals surface area contributed by atoms with Gasteiger partial charge in [0.1, 0.15) is 5.69 Å². The Hall–Kier alpha value is -1.82. The van der Waals surface area contributed by atoms with Gasteiger partial charge in [-0.2, -0.15) is 0 Å². The van der Waals surface area contributed by atoms with E-state index in [1.54, 1.807) is 15.5 Å². The van der Waals surface area contributed by atoms with Gasteiger partial charge in [-0.15, -0.1) is 0 Å². The molecule has 2 amide bonds. The van der Waals surface area contributed by atoms with Crippen LogP contribution in [0.1, 0.15) is 23.3 Å². The van der Waals surface area contributed by atoms with E-state index in [4.69, 9.17) is 5.73 Å². The number of rotatable bonds is 4. The predicted octanol–water partition coefficient (Wildman–Crippen LogP) is -0.0478. The van der Waals surface area contributed by atoms with Gasteiger partial charge in [0.15, 0.2) is 0 Å². The van der Waals surface area contributed by atoms with Crippen molar-refractivity contribution in [3.63, 3.8) is 0 Å². The highest BCUT2D eigenvalue weighted by Crippen LogP contribution is 2.18. The Kier molecular flexibility index (Phi) is 4.79. The van der Waals surface area contributed by atoms with Gasteiger partial charge in [0.25, 0.3) is 5.91 Å². The average molecular weight is 278 g/mol. The van der Waals surface area contributed by atoms with Gasteiger partial charge in [0.2, 0.25) is 5.91 Å². The van der Waals surface area contributed by atoms with Gasteiger partial charge in [-0.3, -0.25) is 9.59 Å². The molecule has 20 heavy (non-hydrogen) atoms. The van der Waals surface area contributed by atoms with Crippen molar-refractivity contribution in [2.45, 2.75) is 12.8 Å². The molecule has 1 aromatic rings. The first-order valence-corrected chi connectivity index (χ1v) is 7.02. The summed E-state index contributed by atoms with van der Waals surface area (Å²) in [5.74, 6) is -0.131. The molecule has 6 heteroatoms. The van der Waals surface area contributed by atoms with Gasteiger partial charge < -0.3 is 20.5 Å². The van der Waals surface area contributed by atoms with Crippen LogP contribution in [0.3, 0.4) is 0 Å². The third-order valence-electron chi connectivity index (χ3n) is 3.69. The Bertz CT molecular complexity index is 483. The Labute approximate surface area is 118 Å². The SMILES string of the molecule is Cn1cccc1C(=O)N1CCCC(C(=O)NCCN)C1. The first-order chi connectivity index (χ1) is 9.63. The molecular weight excluding hydrogens is 256 g/mol. The normalized spacial score (nSPS) is 18.9. The van der Waals surface area contributed by atoms with E-state index in [0.29, 0.717) is 31.9 Å². The van der Waals surface area contributed by atoms with E-state index >= 15 is 0 Å². The summed E-state index contributed by atoms with van der Waals surface area (Å²) in [6, 6.07) is 3.66. The maximum atomic E-state index is 12.4. The van der Waals surface area contributed by atoms with Crippen LogP contribution in [0.2, 0.25) is 0 Å². The molecule has 1 aliphatic heterocycles. The van der Waals surface area contributed by atoms with Crippen LogP contribution in [-0.2, 0) is 11.8 Å². The molecule has 1 saturated heterocycles. The maximum Gasteiger partial charge on any atom is 0.270 e. The first kappa shape index (κ1) is 14.6. The lowest BCUT2D eigenvalue weighted by Crippen LogP contribution is -2.46. The van der Waals surface area contributed by atoms with Crippen LogP contribution in [0, 0.1) is 5.92 Å². The quantitative estimate of drug-likeness (QED) is 0.810. The van der Waals surface area contributed by atoms with Crippen molar-refractivity contribution in [1.82, 2.24) is 14.8 Å². The van der Waals surface area contributed by atoms with Crippen molar-refractivity contribution in [2.24, 2.45) is 18.7 Å². The van der Waals surface area contributed by atoms with Gasteiger partial charge in [0.05, 0.1) is 5.92 Å². The van der Waals surface area contributed by atoms with E-state index in [1.165, 1.54) is 0 Å². The first-order valence-electron chi connectivity index (χ1n) is 7.02. The molecule has 1 unspecified atom stereocenters. The minimum atomic E-state index is -0.125. The minimum absolute atomic E-state index is 0.000156. The van der Waals surface area contributed by atoms with Crippen molar-refractivity contribution in [1.29, 1.82) is 0 Å². The predicted molar refractivity (Wildman–Crippen MR) is 76.1 cm³/mol. The fourth-order valence-electron chi connectivity index (χ4n) is 2.56. The number of hydrogen-bond acceptors (Lipinski definition) is 3. The fraction of sp³-hybridized carbons (Fsp3) is 0.571. The van der Waals surface area contributed by atoms with E-state index in [9.17, 15) is 9.59 Å². The summed E-state index contributed by atoms with van der Waals surface area (Å²) in [6.07, 6.45) is 3.53. The molecule has 3 N–H and O–H groups in total. The molecule has 6 nitrogen and oxygen atoms in total. The number of piperidine rings is 1. The van der Waals surface area contributed by atoms with Crippen LogP contribution >= 0.6 is 0 Å². The standard InChI is InChI=1S/C14H22N4O2/c1-17-8-3-5-12(17)14(20)18-9-2-4-11(10-18)13(19)16-7-6-15/h3,5,8,11H,2,4,6-7,9-10,15H2,1H3,(H,16,19). The number of aromatic nitrogens is 1. The molecule has 0 saturated carbocycles. The molecular formula is C14H22N4O2. The summed E-state index contributed by atoms with van der Waals surface area (Å²) in [4.78, 5) is 26.2. The van der Waals surface area contributed by atoms with Crippen LogP contribution in [0.25, 0.3) is 0 Å². The largest absolute Gasteiger partial charge is 0.355 e. The number of hydrogen-bond donors (Lipinski definition) is 2. The van der Waals surface area contributed by atoms with Crippen LogP contribution in [0.5, 0.6) is 0 Å². The van der Waals surface area contributed by atoms with Gasteiger partial charge in [-0.05, 0) is 25.0 Å². The Morgan fingerprint density at radius 2 is 2.30 bits per heavy atom. The summed E-state index contributed by atoms with van der Waals surface area (Å²) >= 11 is 0. The minimum Gasteiger partial charge on any atom is -0.355 e. The summed E-state index contributed by atoms with van der Waals surface area (Å²) in [7, 11) is 1.85. The second-order valence-electron chi connectivity index (χ2n) is 5.17. The van der Waals surface area contributed by atoms with Crippen molar-refractivity contribution in [2.75, 3.05) is 26.2 Å². The van der Waals surface area contributed by atoms with Crippen molar-refractivity contribution in [3.05, 3.63) is 24.0 Å². The van der Waals surface area contributed by atoms with E-state index < -0.39 is 0 Å². The highest BCUT2D eigenvalue weighted by Gasteiger charge is 2.29. The molecule has 0 bridgehead atoms. The lowest BCUT2D eigenvalue weighted by molar-refractivity contribution is -0.126. The summed E-state index contributed by atoms with van der Waals surface area (Å²) in [5, 5.41) is 2.80. The highest BCUT2D eigenvalue weighted by atomic mass is 16.2. The Morgan fingerprint density at radius 3 is 2.95 bits per heavy atom. The summed E-state index contributed by atoms with van der Waals surface area (Å²) < 4.78 is 1.81. The second kappa shape index (κ2) is 6.56. The highest BCUT2D eigenvalue weighted by molar-refractivity contribution is 5.93. The zero-order valence-corrected chi connectivity index (χ0v) is 11.8. The number of nitrogens with one attached hydrogen (secondary N) is 1. The molecule has 1 aliphatic rings. The molecule has 0 aromatic carbocycles. The number of aryl methyl sites for hydroxylation is 1. The third-order valence-corrected chi connectivity index (χ3v) is 3.69. The molecule has 2 heterocycles. The molecule has 1 atom stereocenters. The fourth-order valence-corrected chi connectivity index (χ4v) is 2.56. The second-order valence-corrected chi connectivity index (χ2v) is 5.17. The van der Waals surface area contributed by atoms with E-state index in [1.807, 2.05) is 19.3 Å². The summed E-state index contributed by atoms with van der Waals surface area (Å²) in [6.45, 7) is 2.12. The third kappa shape index (κ3) is 3.19. The number of amides is 2. The maximum absolute atomic E-state index is 12.4. The van der Waals surface area contributed by atoms with E-state index in [2.05, 4.69) is 5.32 Å². The molecule has 110 valence electrons. The topological polar surface area (TPSA) is 80.4 Å². The summed E-state index contributed by atoms with van der Waals surface area (Å²) in [5.41, 5.74) is 6.04. The van der Waals surface area contributed by atoms with Crippen molar-refractivity contribution < 1.29 is 9.59 Å². The van der Waals surface area contributed by atoms with Gasteiger partial charge in [0, 0.05) is 39.4 Å². The zero-order valence-electron chi connectivity index (χ0n) is 11.8. The van der Waals surface area contributed by atoms with Gasteiger partial charge in [-0.25, -0.2) is 0 Å². The molecule has 1 aromatic heterocycles. The van der Waals surface area contributed by atoms with E-state index in [0.717, 1.165) is 12.8 Å². The molecule has 2 rings (SSSR count). The van der Waals surface area contributed by atoms with E-state index in [-0.39, 0.29) is 17.7 Å². The smallest absolute Gasteiger partial charge is 0.270 e. The lowest BCUT2D eigenvalue weighted by Gasteiger charge is -2.32. The Morgan fingerprint density at radius 1 is 1.50 bits per heavy atom. The Balaban J connectivity index is 1.98. The number of carbonyl (C=O) groups is 2. The van der Waals surface area contributed by atoms with Crippen LogP contribution in [0.4, 0.5) is 0 Å². The van der Waals surface area contributed by atoms with Crippen molar-refractivity contribution >= 4 is 11.8 Å². The van der Waals surface area contributed by atoms with Crippen LogP contribution < -0.4 is 11.1 Å². The van der Waals surface area contributed by atoms with Crippen molar-refractivity contribution in [3.8, 4) is 0 Å². The average Bonchev–Trinajstić information content (AvgIpc) is 2.90. The number of nitrogens with zero attached hydrogens (tertiary/aromatic N) is 2. The number of likely N-dealkylation sites (tertiary alicyclic amines) is 1. The molecule has 0 radical (unpaired) electrons. The number of nitrogens with two attached hydrogens (primary N) is 1.